The Labute approximate surface area is 168 Å². The maximum absolute atomic E-state index is 10.6. The van der Waals surface area contributed by atoms with Crippen LogP contribution in [0.25, 0.3) is 10.6 Å². The smallest absolute Gasteiger partial charge is 0.129 e. The predicted molar refractivity (Wildman–Crippen MR) is 111 cm³/mol. The number of hydrogen-bond donors (Lipinski definition) is 1. The van der Waals surface area contributed by atoms with Crippen molar-refractivity contribution >= 4 is 22.7 Å². The van der Waals surface area contributed by atoms with Crippen LogP contribution >= 0.6 is 22.7 Å². The van der Waals surface area contributed by atoms with Crippen molar-refractivity contribution in [2.45, 2.75) is 25.5 Å². The molecule has 3 aromatic rings. The van der Waals surface area contributed by atoms with Gasteiger partial charge < -0.3 is 9.84 Å². The number of likely N-dealkylation sites (tertiary alicyclic amines) is 1. The average molecular weight is 401 g/mol. The third kappa shape index (κ3) is 4.24. The molecule has 27 heavy (non-hydrogen) atoms. The lowest BCUT2D eigenvalue weighted by Crippen LogP contribution is -2.34. The minimum Gasteiger partial charge on any atom is -0.496 e. The Kier molecular flexibility index (Phi) is 5.88. The van der Waals surface area contributed by atoms with Crippen LogP contribution < -0.4 is 4.74 Å². The Morgan fingerprint density at radius 1 is 1.22 bits per heavy atom. The van der Waals surface area contributed by atoms with Crippen molar-refractivity contribution in [3.63, 3.8) is 0 Å². The van der Waals surface area contributed by atoms with E-state index in [1.165, 1.54) is 4.88 Å². The van der Waals surface area contributed by atoms with Crippen LogP contribution in [0.2, 0.25) is 0 Å². The molecule has 2 aromatic heterocycles. The molecule has 1 aliphatic heterocycles. The van der Waals surface area contributed by atoms with Crippen molar-refractivity contribution in [3.8, 4) is 16.3 Å². The highest BCUT2D eigenvalue weighted by molar-refractivity contribution is 7.15. The second-order valence-electron chi connectivity index (χ2n) is 6.91. The summed E-state index contributed by atoms with van der Waals surface area (Å²) < 4.78 is 5.46. The number of aromatic nitrogens is 1. The molecule has 1 unspecified atom stereocenters. The first-order valence-corrected chi connectivity index (χ1v) is 11.0. The Morgan fingerprint density at radius 3 is 2.78 bits per heavy atom. The summed E-state index contributed by atoms with van der Waals surface area (Å²) in [5.74, 6) is 1.23. The Morgan fingerprint density at radius 2 is 2.04 bits per heavy atom. The minimum absolute atomic E-state index is 0.312. The van der Waals surface area contributed by atoms with Crippen molar-refractivity contribution < 1.29 is 9.84 Å². The normalized spacial score (nSPS) is 17.1. The van der Waals surface area contributed by atoms with E-state index in [2.05, 4.69) is 16.0 Å². The third-order valence-corrected chi connectivity index (χ3v) is 7.14. The summed E-state index contributed by atoms with van der Waals surface area (Å²) in [6.45, 7) is 2.97. The molecule has 1 saturated heterocycles. The van der Waals surface area contributed by atoms with Gasteiger partial charge in [-0.2, -0.15) is 0 Å². The SMILES string of the molecule is COc1ccccc1-c1ncc(CN2CCC(C(O)c3cccs3)CC2)s1. The van der Waals surface area contributed by atoms with Gasteiger partial charge in [0, 0.05) is 22.5 Å². The fourth-order valence-corrected chi connectivity index (χ4v) is 5.45. The molecule has 0 radical (unpaired) electrons. The lowest BCUT2D eigenvalue weighted by atomic mass is 9.90. The Hall–Kier alpha value is -1.73. The molecule has 4 rings (SSSR count). The number of thiazole rings is 1. The summed E-state index contributed by atoms with van der Waals surface area (Å²) in [5.41, 5.74) is 1.05. The zero-order valence-corrected chi connectivity index (χ0v) is 17.0. The first kappa shape index (κ1) is 18.6. The third-order valence-electron chi connectivity index (χ3n) is 5.18. The van der Waals surface area contributed by atoms with Gasteiger partial charge in [0.15, 0.2) is 0 Å². The Bertz CT molecular complexity index is 855. The summed E-state index contributed by atoms with van der Waals surface area (Å²) in [6, 6.07) is 12.1. The molecule has 4 nitrogen and oxygen atoms in total. The largest absolute Gasteiger partial charge is 0.496 e. The summed E-state index contributed by atoms with van der Waals surface area (Å²) in [4.78, 5) is 9.45. The van der Waals surface area contributed by atoms with E-state index in [0.717, 1.165) is 53.7 Å². The maximum Gasteiger partial charge on any atom is 0.129 e. The number of ether oxygens (including phenoxy) is 1. The summed E-state index contributed by atoms with van der Waals surface area (Å²) in [5, 5.41) is 13.6. The molecule has 6 heteroatoms. The number of nitrogens with zero attached hydrogens (tertiary/aromatic N) is 2. The highest BCUT2D eigenvalue weighted by Gasteiger charge is 2.27. The molecule has 3 heterocycles. The number of rotatable bonds is 6. The van der Waals surface area contributed by atoms with E-state index >= 15 is 0 Å². The van der Waals surface area contributed by atoms with Gasteiger partial charge in [0.05, 0.1) is 18.8 Å². The Balaban J connectivity index is 1.35. The zero-order chi connectivity index (χ0) is 18.6. The molecule has 1 aliphatic rings. The van der Waals surface area contributed by atoms with Crippen molar-refractivity contribution in [2.24, 2.45) is 5.92 Å². The van der Waals surface area contributed by atoms with Crippen LogP contribution in [0.4, 0.5) is 0 Å². The number of benzene rings is 1. The van der Waals surface area contributed by atoms with Gasteiger partial charge in [-0.25, -0.2) is 4.98 Å². The fraction of sp³-hybridized carbons (Fsp3) is 0.381. The van der Waals surface area contributed by atoms with E-state index in [-0.39, 0.29) is 6.10 Å². The first-order valence-electron chi connectivity index (χ1n) is 9.26. The van der Waals surface area contributed by atoms with E-state index in [4.69, 9.17) is 4.74 Å². The second kappa shape index (κ2) is 8.52. The lowest BCUT2D eigenvalue weighted by molar-refractivity contribution is 0.0593. The molecular formula is C21H24N2O2S2. The standard InChI is InChI=1S/C21H24N2O2S2/c1-25-18-6-3-2-5-17(18)21-22-13-16(27-21)14-23-10-8-15(9-11-23)20(24)19-7-4-12-26-19/h2-7,12-13,15,20,24H,8-11,14H2,1H3. The van der Waals surface area contributed by atoms with E-state index in [1.807, 2.05) is 41.9 Å². The lowest BCUT2D eigenvalue weighted by Gasteiger charge is -2.33. The molecule has 1 fully saturated rings. The first-order chi connectivity index (χ1) is 13.2. The van der Waals surface area contributed by atoms with Gasteiger partial charge in [-0.15, -0.1) is 22.7 Å². The minimum atomic E-state index is -0.312. The van der Waals surface area contributed by atoms with Crippen LogP contribution in [0.5, 0.6) is 5.75 Å². The molecule has 1 N–H and O–H groups in total. The molecule has 0 amide bonds. The van der Waals surface area contributed by atoms with Gasteiger partial charge in [0.1, 0.15) is 10.8 Å². The number of aliphatic hydroxyl groups is 1. The number of hydrogen-bond acceptors (Lipinski definition) is 6. The molecule has 1 aromatic carbocycles. The van der Waals surface area contributed by atoms with E-state index in [1.54, 1.807) is 29.8 Å². The molecule has 0 spiro atoms. The highest BCUT2D eigenvalue weighted by atomic mass is 32.1. The quantitative estimate of drug-likeness (QED) is 0.644. The van der Waals surface area contributed by atoms with Gasteiger partial charge in [0.2, 0.25) is 0 Å². The topological polar surface area (TPSA) is 45.6 Å². The van der Waals surface area contributed by atoms with Crippen LogP contribution in [0, 0.1) is 5.92 Å². The number of aliphatic hydroxyl groups excluding tert-OH is 1. The molecule has 0 aliphatic carbocycles. The van der Waals surface area contributed by atoms with Crippen molar-refractivity contribution in [1.29, 1.82) is 0 Å². The predicted octanol–water partition coefficient (Wildman–Crippen LogP) is 4.83. The van der Waals surface area contributed by atoms with Crippen molar-refractivity contribution in [1.82, 2.24) is 9.88 Å². The summed E-state index contributed by atoms with van der Waals surface area (Å²) in [6.07, 6.45) is 3.75. The van der Waals surface area contributed by atoms with Crippen LogP contribution in [0.3, 0.4) is 0 Å². The fourth-order valence-electron chi connectivity index (χ4n) is 3.67. The molecular weight excluding hydrogens is 376 g/mol. The van der Waals surface area contributed by atoms with Crippen LogP contribution in [-0.2, 0) is 6.54 Å². The number of piperidine rings is 1. The molecule has 142 valence electrons. The van der Waals surface area contributed by atoms with Gasteiger partial charge in [-0.1, -0.05) is 18.2 Å². The zero-order valence-electron chi connectivity index (χ0n) is 15.4. The van der Waals surface area contributed by atoms with Crippen molar-refractivity contribution in [2.75, 3.05) is 20.2 Å². The number of thiophene rings is 1. The van der Waals surface area contributed by atoms with E-state index in [9.17, 15) is 5.11 Å². The average Bonchev–Trinajstić information content (AvgIpc) is 3.40. The van der Waals surface area contributed by atoms with Gasteiger partial charge in [-0.05, 0) is 55.4 Å². The summed E-state index contributed by atoms with van der Waals surface area (Å²) >= 11 is 3.39. The van der Waals surface area contributed by atoms with E-state index < -0.39 is 0 Å². The number of para-hydroxylation sites is 1. The van der Waals surface area contributed by atoms with Crippen molar-refractivity contribution in [3.05, 3.63) is 57.7 Å². The van der Waals surface area contributed by atoms with Crippen LogP contribution in [0.15, 0.2) is 48.0 Å². The van der Waals surface area contributed by atoms with Gasteiger partial charge >= 0.3 is 0 Å². The van der Waals surface area contributed by atoms with E-state index in [0.29, 0.717) is 5.92 Å². The summed E-state index contributed by atoms with van der Waals surface area (Å²) in [7, 11) is 1.70. The van der Waals surface area contributed by atoms with Gasteiger partial charge in [-0.3, -0.25) is 4.90 Å². The molecule has 0 saturated carbocycles. The highest BCUT2D eigenvalue weighted by Crippen LogP contribution is 2.35. The monoisotopic (exact) mass is 400 g/mol. The molecule has 1 atom stereocenters. The van der Waals surface area contributed by atoms with Gasteiger partial charge in [0.25, 0.3) is 0 Å². The second-order valence-corrected chi connectivity index (χ2v) is 9.00. The van der Waals surface area contributed by atoms with Crippen LogP contribution in [0.1, 0.15) is 28.7 Å². The number of methoxy groups -OCH3 is 1. The molecule has 0 bridgehead atoms. The van der Waals surface area contributed by atoms with Crippen LogP contribution in [-0.4, -0.2) is 35.2 Å². The maximum atomic E-state index is 10.6.